The Morgan fingerprint density at radius 3 is 2.77 bits per heavy atom. The molecule has 0 amide bonds. The smallest absolute Gasteiger partial charge is 0.269 e. The topological polar surface area (TPSA) is 34.9 Å². The van der Waals surface area contributed by atoms with Gasteiger partial charge in [0.15, 0.2) is 0 Å². The number of rotatable bonds is 3. The molecule has 0 saturated carbocycles. The van der Waals surface area contributed by atoms with Crippen LogP contribution in [-0.4, -0.2) is 9.55 Å². The Labute approximate surface area is 78.4 Å². The predicted octanol–water partition coefficient (Wildman–Crippen LogP) is 1.60. The molecule has 0 radical (unpaired) electrons. The van der Waals surface area contributed by atoms with Gasteiger partial charge in [0.1, 0.15) is 0 Å². The second-order valence-corrected chi connectivity index (χ2v) is 3.51. The molecule has 0 saturated heterocycles. The van der Waals surface area contributed by atoms with Crippen LogP contribution >= 0.6 is 0 Å². The standard InChI is InChI=1S/C10H16N2O/c1-4-8(2)7-12-9(3)5-11-6-10(12)13/h5-6,8H,4,7H2,1-3H3. The average Bonchev–Trinajstić information content (AvgIpc) is 2.11. The molecule has 72 valence electrons. The number of nitrogens with zero attached hydrogens (tertiary/aromatic N) is 2. The van der Waals surface area contributed by atoms with Crippen LogP contribution in [0.5, 0.6) is 0 Å². The van der Waals surface area contributed by atoms with Crippen LogP contribution in [0.4, 0.5) is 0 Å². The molecule has 3 nitrogen and oxygen atoms in total. The normalized spacial score (nSPS) is 12.8. The molecular formula is C10H16N2O. The van der Waals surface area contributed by atoms with Crippen molar-refractivity contribution in [2.75, 3.05) is 0 Å². The summed E-state index contributed by atoms with van der Waals surface area (Å²) in [6.45, 7) is 6.99. The second-order valence-electron chi connectivity index (χ2n) is 3.51. The van der Waals surface area contributed by atoms with Crippen LogP contribution < -0.4 is 5.56 Å². The molecular weight excluding hydrogens is 164 g/mol. The zero-order valence-electron chi connectivity index (χ0n) is 8.45. The Morgan fingerprint density at radius 1 is 1.54 bits per heavy atom. The van der Waals surface area contributed by atoms with Gasteiger partial charge in [-0.1, -0.05) is 20.3 Å². The highest BCUT2D eigenvalue weighted by Crippen LogP contribution is 2.04. The molecule has 0 aromatic carbocycles. The fourth-order valence-corrected chi connectivity index (χ4v) is 1.20. The zero-order valence-corrected chi connectivity index (χ0v) is 8.45. The third-order valence-electron chi connectivity index (χ3n) is 2.33. The fraction of sp³-hybridized carbons (Fsp3) is 0.600. The molecule has 1 rings (SSSR count). The van der Waals surface area contributed by atoms with E-state index >= 15 is 0 Å². The van der Waals surface area contributed by atoms with E-state index in [-0.39, 0.29) is 5.56 Å². The predicted molar refractivity (Wildman–Crippen MR) is 52.7 cm³/mol. The Hall–Kier alpha value is -1.12. The van der Waals surface area contributed by atoms with Gasteiger partial charge in [0.2, 0.25) is 0 Å². The molecule has 1 heterocycles. The minimum Gasteiger partial charge on any atom is -0.310 e. The second kappa shape index (κ2) is 4.21. The lowest BCUT2D eigenvalue weighted by molar-refractivity contribution is 0.452. The van der Waals surface area contributed by atoms with Crippen LogP contribution in [0.1, 0.15) is 26.0 Å². The molecule has 3 heteroatoms. The highest BCUT2D eigenvalue weighted by atomic mass is 16.1. The van der Waals surface area contributed by atoms with Gasteiger partial charge in [-0.25, -0.2) is 0 Å². The summed E-state index contributed by atoms with van der Waals surface area (Å²) in [5.41, 5.74) is 0.938. The zero-order chi connectivity index (χ0) is 9.84. The van der Waals surface area contributed by atoms with E-state index in [0.717, 1.165) is 18.7 Å². The Kier molecular flexibility index (Phi) is 3.23. The number of aromatic nitrogens is 2. The van der Waals surface area contributed by atoms with Crippen LogP contribution in [0.3, 0.4) is 0 Å². The van der Waals surface area contributed by atoms with E-state index in [4.69, 9.17) is 0 Å². The summed E-state index contributed by atoms with van der Waals surface area (Å²) in [4.78, 5) is 15.2. The van der Waals surface area contributed by atoms with Crippen LogP contribution in [0, 0.1) is 12.8 Å². The number of hydrogen-bond acceptors (Lipinski definition) is 2. The van der Waals surface area contributed by atoms with Gasteiger partial charge in [-0.15, -0.1) is 0 Å². The quantitative estimate of drug-likeness (QED) is 0.708. The van der Waals surface area contributed by atoms with Crippen molar-refractivity contribution >= 4 is 0 Å². The summed E-state index contributed by atoms with van der Waals surface area (Å²) in [5, 5.41) is 0. The van der Waals surface area contributed by atoms with E-state index in [1.54, 1.807) is 10.8 Å². The molecule has 1 aromatic rings. The summed E-state index contributed by atoms with van der Waals surface area (Å²) >= 11 is 0. The van der Waals surface area contributed by atoms with Gasteiger partial charge in [-0.2, -0.15) is 0 Å². The maximum Gasteiger partial charge on any atom is 0.269 e. The first-order valence-electron chi connectivity index (χ1n) is 4.66. The lowest BCUT2D eigenvalue weighted by Crippen LogP contribution is -2.24. The van der Waals surface area contributed by atoms with Gasteiger partial charge < -0.3 is 4.57 Å². The molecule has 0 N–H and O–H groups in total. The third-order valence-corrected chi connectivity index (χ3v) is 2.33. The van der Waals surface area contributed by atoms with Gasteiger partial charge in [-0.3, -0.25) is 9.78 Å². The molecule has 1 aromatic heterocycles. The van der Waals surface area contributed by atoms with Crippen molar-refractivity contribution in [1.29, 1.82) is 0 Å². The number of aryl methyl sites for hydroxylation is 1. The number of hydrogen-bond donors (Lipinski definition) is 0. The Morgan fingerprint density at radius 2 is 2.23 bits per heavy atom. The first-order valence-corrected chi connectivity index (χ1v) is 4.66. The first-order chi connectivity index (χ1) is 6.15. The highest BCUT2D eigenvalue weighted by Gasteiger charge is 2.04. The van der Waals surface area contributed by atoms with Gasteiger partial charge >= 0.3 is 0 Å². The third kappa shape index (κ3) is 2.41. The van der Waals surface area contributed by atoms with E-state index in [0.29, 0.717) is 5.92 Å². The minimum absolute atomic E-state index is 0.000278. The Balaban J connectivity index is 2.93. The maximum absolute atomic E-state index is 11.4. The molecule has 0 aliphatic heterocycles. The summed E-state index contributed by atoms with van der Waals surface area (Å²) in [6.07, 6.45) is 4.19. The fourth-order valence-electron chi connectivity index (χ4n) is 1.20. The summed E-state index contributed by atoms with van der Waals surface area (Å²) in [5.74, 6) is 0.541. The summed E-state index contributed by atoms with van der Waals surface area (Å²) < 4.78 is 1.78. The lowest BCUT2D eigenvalue weighted by atomic mass is 10.1. The van der Waals surface area contributed by atoms with Gasteiger partial charge in [0.05, 0.1) is 6.20 Å². The van der Waals surface area contributed by atoms with Crippen molar-refractivity contribution in [2.24, 2.45) is 5.92 Å². The maximum atomic E-state index is 11.4. The molecule has 0 fully saturated rings. The van der Waals surface area contributed by atoms with Crippen molar-refractivity contribution in [3.8, 4) is 0 Å². The first kappa shape index (κ1) is 9.96. The van der Waals surface area contributed by atoms with Crippen LogP contribution in [0.2, 0.25) is 0 Å². The van der Waals surface area contributed by atoms with Crippen molar-refractivity contribution in [3.05, 3.63) is 28.4 Å². The van der Waals surface area contributed by atoms with E-state index < -0.39 is 0 Å². The van der Waals surface area contributed by atoms with Crippen molar-refractivity contribution < 1.29 is 0 Å². The van der Waals surface area contributed by atoms with Gasteiger partial charge in [-0.05, 0) is 12.8 Å². The average molecular weight is 180 g/mol. The van der Waals surface area contributed by atoms with Crippen molar-refractivity contribution in [3.63, 3.8) is 0 Å². The van der Waals surface area contributed by atoms with Crippen LogP contribution in [0.15, 0.2) is 17.2 Å². The van der Waals surface area contributed by atoms with E-state index in [1.165, 1.54) is 6.20 Å². The SMILES string of the molecule is CCC(C)Cn1c(C)cncc1=O. The molecule has 0 bridgehead atoms. The monoisotopic (exact) mass is 180 g/mol. The largest absolute Gasteiger partial charge is 0.310 e. The van der Waals surface area contributed by atoms with Crippen LogP contribution in [-0.2, 0) is 6.54 Å². The van der Waals surface area contributed by atoms with Crippen molar-refractivity contribution in [2.45, 2.75) is 33.7 Å². The lowest BCUT2D eigenvalue weighted by Gasteiger charge is -2.12. The molecule has 0 spiro atoms. The Bertz CT molecular complexity index is 330. The molecule has 0 aliphatic carbocycles. The highest BCUT2D eigenvalue weighted by molar-refractivity contribution is 4.95. The van der Waals surface area contributed by atoms with E-state index in [2.05, 4.69) is 18.8 Å². The minimum atomic E-state index is 0.000278. The van der Waals surface area contributed by atoms with Crippen LogP contribution in [0.25, 0.3) is 0 Å². The van der Waals surface area contributed by atoms with E-state index in [1.807, 2.05) is 6.92 Å². The molecule has 1 atom stereocenters. The molecule has 1 unspecified atom stereocenters. The molecule has 0 aliphatic rings. The summed E-state index contributed by atoms with van der Waals surface area (Å²) in [6, 6.07) is 0. The van der Waals surface area contributed by atoms with Gasteiger partial charge in [0, 0.05) is 18.4 Å². The van der Waals surface area contributed by atoms with Crippen molar-refractivity contribution in [1.82, 2.24) is 9.55 Å². The van der Waals surface area contributed by atoms with Gasteiger partial charge in [0.25, 0.3) is 5.56 Å². The van der Waals surface area contributed by atoms with E-state index in [9.17, 15) is 4.79 Å². The molecule has 13 heavy (non-hydrogen) atoms. The summed E-state index contributed by atoms with van der Waals surface area (Å²) in [7, 11) is 0.